The molecule has 3 rings (SSSR count). The molecule has 8 heteroatoms. The first kappa shape index (κ1) is 19.6. The van der Waals surface area contributed by atoms with Crippen LogP contribution in [0.15, 0.2) is 64.2 Å². The number of hydrogen-bond donors (Lipinski definition) is 4. The lowest BCUT2D eigenvalue weighted by Gasteiger charge is -2.23. The smallest absolute Gasteiger partial charge is 0.195 e. The van der Waals surface area contributed by atoms with Gasteiger partial charge in [0.25, 0.3) is 0 Å². The third-order valence-corrected chi connectivity index (χ3v) is 5.29. The molecule has 0 saturated carbocycles. The van der Waals surface area contributed by atoms with Crippen LogP contribution in [0, 0.1) is 6.92 Å². The lowest BCUT2D eigenvalue weighted by atomic mass is 10.0. The lowest BCUT2D eigenvalue weighted by molar-refractivity contribution is 0.596. The van der Waals surface area contributed by atoms with E-state index < -0.39 is 11.4 Å². The molecular formula is C19H22ClN5OS. The van der Waals surface area contributed by atoms with Crippen molar-refractivity contribution in [1.29, 1.82) is 0 Å². The van der Waals surface area contributed by atoms with E-state index >= 15 is 0 Å². The average molecular weight is 404 g/mol. The Morgan fingerprint density at radius 2 is 2.00 bits per heavy atom. The molecule has 0 aliphatic carbocycles. The minimum absolute atomic E-state index is 0.0949. The van der Waals surface area contributed by atoms with Gasteiger partial charge in [-0.2, -0.15) is 4.99 Å². The van der Waals surface area contributed by atoms with Crippen molar-refractivity contribution < 1.29 is 4.55 Å². The summed E-state index contributed by atoms with van der Waals surface area (Å²) in [6.07, 6.45) is 2.79. The van der Waals surface area contributed by atoms with Gasteiger partial charge >= 0.3 is 0 Å². The van der Waals surface area contributed by atoms with Gasteiger partial charge < -0.3 is 20.9 Å². The Hall–Kier alpha value is -2.19. The van der Waals surface area contributed by atoms with Crippen molar-refractivity contribution in [2.24, 2.45) is 15.9 Å². The van der Waals surface area contributed by atoms with Crippen LogP contribution in [0.25, 0.3) is 0 Å². The first-order valence-corrected chi connectivity index (χ1v) is 10.1. The van der Waals surface area contributed by atoms with Crippen LogP contribution in [0.1, 0.15) is 22.7 Å². The summed E-state index contributed by atoms with van der Waals surface area (Å²) >= 11 is 4.69. The van der Waals surface area contributed by atoms with Crippen molar-refractivity contribution in [3.05, 3.63) is 76.1 Å². The van der Waals surface area contributed by atoms with Gasteiger partial charge in [-0.05, 0) is 60.4 Å². The van der Waals surface area contributed by atoms with Crippen LogP contribution >= 0.6 is 11.6 Å². The molecular weight excluding hydrogens is 382 g/mol. The van der Waals surface area contributed by atoms with Crippen LogP contribution in [0.3, 0.4) is 0 Å². The molecule has 2 aromatic carbocycles. The zero-order chi connectivity index (χ0) is 19.4. The molecule has 2 aromatic rings. The number of halogens is 1. The molecule has 0 fully saturated rings. The average Bonchev–Trinajstić information content (AvgIpc) is 2.63. The molecule has 142 valence electrons. The van der Waals surface area contributed by atoms with E-state index in [9.17, 15) is 4.55 Å². The first-order chi connectivity index (χ1) is 12.9. The number of aliphatic imine (C=N–C) groups is 1. The predicted molar refractivity (Wildman–Crippen MR) is 111 cm³/mol. The predicted octanol–water partition coefficient (Wildman–Crippen LogP) is 2.26. The lowest BCUT2D eigenvalue weighted by Crippen LogP contribution is -2.38. The maximum Gasteiger partial charge on any atom is 0.195 e. The number of benzene rings is 2. The molecule has 1 aliphatic rings. The van der Waals surface area contributed by atoms with Gasteiger partial charge in [0, 0.05) is 11.6 Å². The van der Waals surface area contributed by atoms with Gasteiger partial charge in [-0.25, -0.2) is 0 Å². The van der Waals surface area contributed by atoms with Crippen molar-refractivity contribution in [2.45, 2.75) is 24.3 Å². The molecule has 0 spiro atoms. The highest BCUT2D eigenvalue weighted by Crippen LogP contribution is 2.25. The van der Waals surface area contributed by atoms with E-state index in [1.807, 2.05) is 43.3 Å². The number of nitrogens with one attached hydrogen (secondary N) is 2. The third-order valence-electron chi connectivity index (χ3n) is 4.32. The summed E-state index contributed by atoms with van der Waals surface area (Å²) in [5.74, 6) is 1.08. The standard InChI is InChI=1S/C19H22ClN5OS/c1-12-2-5-14(20)10-16(12)17-11-18(25-19(21)24-17)23-9-8-13-3-6-15(7-4-13)27(22)26/h2-7,10-11,17,23H,8-9,22H2,1H3,(H3,21,24,25)/t17?,27-/m1/s1. The Morgan fingerprint density at radius 3 is 2.70 bits per heavy atom. The molecule has 6 N–H and O–H groups in total. The Kier molecular flexibility index (Phi) is 6.28. The van der Waals surface area contributed by atoms with Crippen LogP contribution in [-0.4, -0.2) is 17.1 Å². The highest BCUT2D eigenvalue weighted by Gasteiger charge is 2.18. The fourth-order valence-electron chi connectivity index (χ4n) is 2.90. The van der Waals surface area contributed by atoms with E-state index in [0.717, 1.165) is 28.9 Å². The van der Waals surface area contributed by atoms with Gasteiger partial charge in [0.05, 0.1) is 17.4 Å². The maximum absolute atomic E-state index is 11.2. The molecule has 1 unspecified atom stereocenters. The highest BCUT2D eigenvalue weighted by molar-refractivity contribution is 7.89. The number of aryl methyl sites for hydroxylation is 1. The van der Waals surface area contributed by atoms with Crippen molar-refractivity contribution in [2.75, 3.05) is 6.54 Å². The second-order valence-electron chi connectivity index (χ2n) is 6.29. The molecule has 1 aliphatic heterocycles. The maximum atomic E-state index is 11.2. The van der Waals surface area contributed by atoms with Crippen LogP contribution in [-0.2, 0) is 17.8 Å². The largest absolute Gasteiger partial charge is 0.593 e. The van der Waals surface area contributed by atoms with Crippen LogP contribution in [0.4, 0.5) is 0 Å². The summed E-state index contributed by atoms with van der Waals surface area (Å²) in [7, 11) is 0. The third kappa shape index (κ3) is 5.17. The summed E-state index contributed by atoms with van der Waals surface area (Å²) in [5, 5.41) is 12.5. The van der Waals surface area contributed by atoms with Crippen molar-refractivity contribution in [1.82, 2.24) is 10.6 Å². The molecule has 0 saturated heterocycles. The van der Waals surface area contributed by atoms with Gasteiger partial charge in [0.15, 0.2) is 10.9 Å². The van der Waals surface area contributed by atoms with Crippen LogP contribution in [0.2, 0.25) is 5.02 Å². The molecule has 0 bridgehead atoms. The van der Waals surface area contributed by atoms with Crippen molar-refractivity contribution >= 4 is 28.9 Å². The zero-order valence-electron chi connectivity index (χ0n) is 14.9. The Bertz CT molecular complexity index is 867. The molecule has 6 nitrogen and oxygen atoms in total. The van der Waals surface area contributed by atoms with E-state index in [1.165, 1.54) is 0 Å². The zero-order valence-corrected chi connectivity index (χ0v) is 16.5. The van der Waals surface area contributed by atoms with E-state index in [4.69, 9.17) is 22.5 Å². The SMILES string of the molecule is Cc1ccc(Cl)cc1C1C=C(NCCc2ccc([S@+](N)[O-])cc2)N=C(N)N1. The summed E-state index contributed by atoms with van der Waals surface area (Å²) in [4.78, 5) is 4.94. The summed E-state index contributed by atoms with van der Waals surface area (Å²) in [5.41, 5.74) is 9.25. The molecule has 2 atom stereocenters. The number of hydrogen-bond acceptors (Lipinski definition) is 6. The van der Waals surface area contributed by atoms with Gasteiger partial charge in [0.1, 0.15) is 5.82 Å². The number of guanidine groups is 1. The summed E-state index contributed by atoms with van der Waals surface area (Å²) in [6.45, 7) is 2.73. The van der Waals surface area contributed by atoms with E-state index in [0.29, 0.717) is 22.4 Å². The van der Waals surface area contributed by atoms with E-state index in [2.05, 4.69) is 15.6 Å². The number of nitrogens with two attached hydrogens (primary N) is 2. The molecule has 1 heterocycles. The summed E-state index contributed by atoms with van der Waals surface area (Å²) < 4.78 is 11.2. The normalized spacial score (nSPS) is 17.6. The number of nitrogens with zero attached hydrogens (tertiary/aromatic N) is 1. The molecule has 0 radical (unpaired) electrons. The second-order valence-corrected chi connectivity index (χ2v) is 7.79. The monoisotopic (exact) mass is 403 g/mol. The minimum Gasteiger partial charge on any atom is -0.593 e. The van der Waals surface area contributed by atoms with Crippen molar-refractivity contribution in [3.63, 3.8) is 0 Å². The van der Waals surface area contributed by atoms with Crippen molar-refractivity contribution in [3.8, 4) is 0 Å². The first-order valence-electron chi connectivity index (χ1n) is 8.50. The summed E-state index contributed by atoms with van der Waals surface area (Å²) in [6, 6.07) is 13.1. The van der Waals surface area contributed by atoms with Gasteiger partial charge in [-0.3, -0.25) is 0 Å². The minimum atomic E-state index is -1.45. The molecule has 27 heavy (non-hydrogen) atoms. The topological polar surface area (TPSA) is 112 Å². The van der Waals surface area contributed by atoms with Crippen LogP contribution < -0.4 is 21.5 Å². The Morgan fingerprint density at radius 1 is 1.26 bits per heavy atom. The fraction of sp³-hybridized carbons (Fsp3) is 0.211. The Balaban J connectivity index is 1.64. The van der Waals surface area contributed by atoms with Gasteiger partial charge in [-0.1, -0.05) is 29.8 Å². The fourth-order valence-corrected chi connectivity index (χ4v) is 3.48. The quantitative estimate of drug-likeness (QED) is 0.553. The molecule has 0 aromatic heterocycles. The Labute approximate surface area is 167 Å². The number of rotatable bonds is 6. The van der Waals surface area contributed by atoms with E-state index in [-0.39, 0.29) is 6.04 Å². The second kappa shape index (κ2) is 8.67. The van der Waals surface area contributed by atoms with Gasteiger partial charge in [0.2, 0.25) is 0 Å². The molecule has 0 amide bonds. The van der Waals surface area contributed by atoms with Gasteiger partial charge in [-0.15, -0.1) is 5.14 Å². The van der Waals surface area contributed by atoms with E-state index in [1.54, 1.807) is 12.1 Å². The highest BCUT2D eigenvalue weighted by atomic mass is 35.5. The van der Waals surface area contributed by atoms with Crippen LogP contribution in [0.5, 0.6) is 0 Å².